The third-order valence-corrected chi connectivity index (χ3v) is 3.97. The van der Waals surface area contributed by atoms with Gasteiger partial charge < -0.3 is 20.5 Å². The molecule has 1 aliphatic rings. The van der Waals surface area contributed by atoms with Crippen molar-refractivity contribution in [2.75, 3.05) is 39.0 Å². The third kappa shape index (κ3) is 2.25. The molecular formula is C15H20N4O. The van der Waals surface area contributed by atoms with Crippen molar-refractivity contribution in [2.24, 2.45) is 0 Å². The molecule has 1 aliphatic heterocycles. The van der Waals surface area contributed by atoms with Gasteiger partial charge in [0, 0.05) is 42.8 Å². The van der Waals surface area contributed by atoms with Crippen LogP contribution in [0.3, 0.4) is 0 Å². The minimum atomic E-state index is 0.0762. The zero-order valence-corrected chi connectivity index (χ0v) is 11.9. The molecule has 3 rings (SSSR count). The highest BCUT2D eigenvalue weighted by Crippen LogP contribution is 2.23. The number of likely N-dealkylation sites (N-methyl/N-ethyl adjacent to an activating group) is 1. The second kappa shape index (κ2) is 4.83. The van der Waals surface area contributed by atoms with Crippen LogP contribution in [0.25, 0.3) is 10.9 Å². The number of amides is 1. The molecule has 0 aliphatic carbocycles. The number of nitrogens with two attached hydrogens (primary N) is 1. The second-order valence-electron chi connectivity index (χ2n) is 5.58. The fourth-order valence-corrected chi connectivity index (χ4v) is 2.75. The molecule has 0 bridgehead atoms. The molecule has 1 aromatic heterocycles. The number of nitrogen functional groups attached to an aromatic ring is 1. The molecule has 20 heavy (non-hydrogen) atoms. The predicted molar refractivity (Wildman–Crippen MR) is 80.8 cm³/mol. The first-order valence-electron chi connectivity index (χ1n) is 6.91. The Bertz CT molecular complexity index is 653. The minimum Gasteiger partial charge on any atom is -0.399 e. The third-order valence-electron chi connectivity index (χ3n) is 3.97. The number of fused-ring (bicyclic) bond motifs is 1. The van der Waals surface area contributed by atoms with E-state index in [9.17, 15) is 4.79 Å². The number of aromatic nitrogens is 1. The lowest BCUT2D eigenvalue weighted by atomic mass is 10.1. The highest BCUT2D eigenvalue weighted by atomic mass is 16.2. The monoisotopic (exact) mass is 272 g/mol. The lowest BCUT2D eigenvalue weighted by molar-refractivity contribution is 0.0659. The molecule has 2 aromatic rings. The summed E-state index contributed by atoms with van der Waals surface area (Å²) in [5, 5.41) is 1.000. The minimum absolute atomic E-state index is 0.0762. The molecule has 1 fully saturated rings. The van der Waals surface area contributed by atoms with Crippen molar-refractivity contribution >= 4 is 22.5 Å². The quantitative estimate of drug-likeness (QED) is 0.772. The van der Waals surface area contributed by atoms with Gasteiger partial charge in [0.2, 0.25) is 0 Å². The molecule has 2 heterocycles. The number of carbonyl (C=O) groups excluding carboxylic acids is 1. The molecular weight excluding hydrogens is 252 g/mol. The molecule has 0 unspecified atom stereocenters. The predicted octanol–water partition coefficient (Wildman–Crippen LogP) is 1.45. The van der Waals surface area contributed by atoms with Crippen LogP contribution in [0.5, 0.6) is 0 Å². The molecule has 0 radical (unpaired) electrons. The van der Waals surface area contributed by atoms with E-state index in [1.54, 1.807) is 0 Å². The Morgan fingerprint density at radius 2 is 1.90 bits per heavy atom. The summed E-state index contributed by atoms with van der Waals surface area (Å²) < 4.78 is 0. The topological polar surface area (TPSA) is 65.4 Å². The van der Waals surface area contributed by atoms with Crippen LogP contribution in [-0.4, -0.2) is 53.9 Å². The number of carbonyl (C=O) groups is 1. The largest absolute Gasteiger partial charge is 0.399 e. The molecule has 1 amide bonds. The van der Waals surface area contributed by atoms with Crippen LogP contribution in [0, 0.1) is 6.92 Å². The summed E-state index contributed by atoms with van der Waals surface area (Å²) in [6.07, 6.45) is 0. The van der Waals surface area contributed by atoms with Gasteiger partial charge in [-0.25, -0.2) is 0 Å². The second-order valence-corrected chi connectivity index (χ2v) is 5.58. The van der Waals surface area contributed by atoms with Gasteiger partial charge in [-0.15, -0.1) is 0 Å². The molecule has 3 N–H and O–H groups in total. The number of nitrogens with one attached hydrogen (secondary N) is 1. The Labute approximate surface area is 118 Å². The zero-order chi connectivity index (χ0) is 14.3. The van der Waals surface area contributed by atoms with Crippen LogP contribution in [0.2, 0.25) is 0 Å². The fourth-order valence-electron chi connectivity index (χ4n) is 2.75. The molecule has 106 valence electrons. The summed E-state index contributed by atoms with van der Waals surface area (Å²) >= 11 is 0. The van der Waals surface area contributed by atoms with Crippen LogP contribution < -0.4 is 5.73 Å². The first-order valence-corrected chi connectivity index (χ1v) is 6.91. The van der Waals surface area contributed by atoms with E-state index in [4.69, 9.17) is 5.73 Å². The van der Waals surface area contributed by atoms with Gasteiger partial charge in [0.15, 0.2) is 0 Å². The van der Waals surface area contributed by atoms with E-state index in [1.807, 2.05) is 30.0 Å². The maximum atomic E-state index is 12.5. The van der Waals surface area contributed by atoms with Crippen LogP contribution in [0.4, 0.5) is 5.69 Å². The van der Waals surface area contributed by atoms with E-state index < -0.39 is 0 Å². The van der Waals surface area contributed by atoms with Gasteiger partial charge in [-0.3, -0.25) is 4.79 Å². The summed E-state index contributed by atoms with van der Waals surface area (Å²) in [5.74, 6) is 0.0762. The smallest absolute Gasteiger partial charge is 0.270 e. The van der Waals surface area contributed by atoms with E-state index in [0.29, 0.717) is 5.69 Å². The first kappa shape index (κ1) is 13.0. The van der Waals surface area contributed by atoms with Gasteiger partial charge in [-0.1, -0.05) is 0 Å². The summed E-state index contributed by atoms with van der Waals surface area (Å²) in [6.45, 7) is 5.42. The average molecular weight is 272 g/mol. The molecule has 5 nitrogen and oxygen atoms in total. The highest BCUT2D eigenvalue weighted by Gasteiger charge is 2.21. The molecule has 0 saturated carbocycles. The summed E-state index contributed by atoms with van der Waals surface area (Å²) in [6, 6.07) is 5.72. The number of anilines is 1. The van der Waals surface area contributed by atoms with Crippen molar-refractivity contribution in [3.63, 3.8) is 0 Å². The van der Waals surface area contributed by atoms with Crippen LogP contribution >= 0.6 is 0 Å². The SMILES string of the molecule is Cc1cc(N)cc2cc(C(=O)N3CCN(C)CC3)[nH]c12. The van der Waals surface area contributed by atoms with Crippen LogP contribution in [0.1, 0.15) is 16.1 Å². The van der Waals surface area contributed by atoms with E-state index in [0.717, 1.165) is 48.3 Å². The van der Waals surface area contributed by atoms with Crippen LogP contribution in [-0.2, 0) is 0 Å². The number of aromatic amines is 1. The maximum Gasteiger partial charge on any atom is 0.270 e. The number of piperazine rings is 1. The van der Waals surface area contributed by atoms with E-state index in [-0.39, 0.29) is 5.91 Å². The number of hydrogen-bond donors (Lipinski definition) is 2. The summed E-state index contributed by atoms with van der Waals surface area (Å²) in [4.78, 5) is 19.9. The van der Waals surface area contributed by atoms with Gasteiger partial charge in [0.05, 0.1) is 0 Å². The van der Waals surface area contributed by atoms with Crippen molar-refractivity contribution in [2.45, 2.75) is 6.92 Å². The molecule has 1 aromatic carbocycles. The highest BCUT2D eigenvalue weighted by molar-refractivity contribution is 5.99. The van der Waals surface area contributed by atoms with E-state index in [2.05, 4.69) is 16.9 Å². The van der Waals surface area contributed by atoms with E-state index in [1.165, 1.54) is 0 Å². The van der Waals surface area contributed by atoms with Crippen molar-refractivity contribution in [1.82, 2.24) is 14.8 Å². The van der Waals surface area contributed by atoms with Gasteiger partial charge in [0.1, 0.15) is 5.69 Å². The number of hydrogen-bond acceptors (Lipinski definition) is 3. The Morgan fingerprint density at radius 3 is 2.60 bits per heavy atom. The standard InChI is InChI=1S/C15H20N4O/c1-10-7-12(16)8-11-9-13(17-14(10)11)15(20)19-5-3-18(2)4-6-19/h7-9,17H,3-6,16H2,1-2H3. The molecule has 0 spiro atoms. The lowest BCUT2D eigenvalue weighted by Crippen LogP contribution is -2.47. The normalized spacial score (nSPS) is 16.8. The molecule has 1 saturated heterocycles. The first-order chi connectivity index (χ1) is 9.54. The molecule has 5 heteroatoms. The van der Waals surface area contributed by atoms with Crippen molar-refractivity contribution in [3.8, 4) is 0 Å². The Hall–Kier alpha value is -2.01. The van der Waals surface area contributed by atoms with Crippen molar-refractivity contribution < 1.29 is 4.79 Å². The van der Waals surface area contributed by atoms with E-state index >= 15 is 0 Å². The maximum absolute atomic E-state index is 12.5. The number of nitrogens with zero attached hydrogens (tertiary/aromatic N) is 2. The lowest BCUT2D eigenvalue weighted by Gasteiger charge is -2.32. The number of H-pyrrole nitrogens is 1. The van der Waals surface area contributed by atoms with Gasteiger partial charge in [0.25, 0.3) is 5.91 Å². The summed E-state index contributed by atoms with van der Waals surface area (Å²) in [7, 11) is 2.08. The van der Waals surface area contributed by atoms with Gasteiger partial charge >= 0.3 is 0 Å². The zero-order valence-electron chi connectivity index (χ0n) is 11.9. The summed E-state index contributed by atoms with van der Waals surface area (Å²) in [5.41, 5.74) is 9.30. The van der Waals surface area contributed by atoms with Gasteiger partial charge in [-0.2, -0.15) is 0 Å². The molecule has 0 atom stereocenters. The number of aryl methyl sites for hydroxylation is 1. The number of rotatable bonds is 1. The Morgan fingerprint density at radius 1 is 1.20 bits per heavy atom. The van der Waals surface area contributed by atoms with Gasteiger partial charge in [-0.05, 0) is 37.7 Å². The Kier molecular flexibility index (Phi) is 3.14. The van der Waals surface area contributed by atoms with Crippen molar-refractivity contribution in [3.05, 3.63) is 29.5 Å². The fraction of sp³-hybridized carbons (Fsp3) is 0.400. The average Bonchev–Trinajstić information content (AvgIpc) is 2.83. The Balaban J connectivity index is 1.90. The van der Waals surface area contributed by atoms with Crippen molar-refractivity contribution in [1.29, 1.82) is 0 Å². The van der Waals surface area contributed by atoms with Crippen LogP contribution in [0.15, 0.2) is 18.2 Å². The number of benzene rings is 1.